The van der Waals surface area contributed by atoms with E-state index in [1.807, 2.05) is 29.7 Å². The van der Waals surface area contributed by atoms with Gasteiger partial charge in [0.2, 0.25) is 11.8 Å². The van der Waals surface area contributed by atoms with Crippen molar-refractivity contribution in [1.82, 2.24) is 35.1 Å². The molecule has 0 saturated carbocycles. The van der Waals surface area contributed by atoms with E-state index in [1.165, 1.54) is 7.11 Å². The van der Waals surface area contributed by atoms with Crippen LogP contribution in [-0.4, -0.2) is 73.9 Å². The molecule has 0 aliphatic carbocycles. The fourth-order valence-corrected chi connectivity index (χ4v) is 7.59. The van der Waals surface area contributed by atoms with E-state index < -0.39 is 12.1 Å². The fourth-order valence-electron chi connectivity index (χ4n) is 7.59. The van der Waals surface area contributed by atoms with Gasteiger partial charge in [0.05, 0.1) is 41.3 Å². The monoisotopic (exact) mass is 689 g/mol. The quantitative estimate of drug-likeness (QED) is 0.146. The number of methoxy groups -OCH3 is 1. The van der Waals surface area contributed by atoms with Crippen LogP contribution in [0.1, 0.15) is 83.5 Å². The van der Waals surface area contributed by atoms with Crippen LogP contribution in [0.25, 0.3) is 44.3 Å². The number of nitrogens with one attached hydrogen (secondary N) is 3. The highest BCUT2D eigenvalue weighted by Gasteiger charge is 2.37. The largest absolute Gasteiger partial charge is 0.453 e. The third-order valence-corrected chi connectivity index (χ3v) is 10.3. The number of aromatic nitrogens is 4. The average Bonchev–Trinajstić information content (AvgIpc) is 3.94. The van der Waals surface area contributed by atoms with Gasteiger partial charge in [-0.05, 0) is 84.0 Å². The first-order chi connectivity index (χ1) is 24.6. The minimum absolute atomic E-state index is 0.00137. The molecule has 3 amide bonds. The molecule has 2 aliphatic rings. The predicted molar refractivity (Wildman–Crippen MR) is 198 cm³/mol. The molecule has 3 atom stereocenters. The normalized spacial score (nSPS) is 18.3. The first-order valence-electron chi connectivity index (χ1n) is 18.1. The summed E-state index contributed by atoms with van der Waals surface area (Å²) in [5.41, 5.74) is 7.92. The van der Waals surface area contributed by atoms with Crippen molar-refractivity contribution in [2.45, 2.75) is 77.9 Å². The summed E-state index contributed by atoms with van der Waals surface area (Å²) < 4.78 is 4.77. The molecular weight excluding hydrogens is 642 g/mol. The number of nitrogens with zero attached hydrogens (tertiary/aromatic N) is 4. The number of rotatable bonds is 9. The van der Waals surface area contributed by atoms with Crippen LogP contribution >= 0.6 is 0 Å². The van der Waals surface area contributed by atoms with Gasteiger partial charge in [0.1, 0.15) is 17.7 Å². The van der Waals surface area contributed by atoms with Crippen LogP contribution in [0.4, 0.5) is 4.79 Å². The maximum Gasteiger partial charge on any atom is 0.407 e. The van der Waals surface area contributed by atoms with Gasteiger partial charge in [-0.15, -0.1) is 0 Å². The number of benzene rings is 3. The smallest absolute Gasteiger partial charge is 0.407 e. The molecule has 7 rings (SSSR count). The summed E-state index contributed by atoms with van der Waals surface area (Å²) in [6.07, 6.45) is 3.53. The summed E-state index contributed by atoms with van der Waals surface area (Å²) in [5, 5.41) is 2.71. The van der Waals surface area contributed by atoms with Gasteiger partial charge in [-0.1, -0.05) is 64.1 Å². The highest BCUT2D eigenvalue weighted by atomic mass is 16.5. The molecule has 2 saturated heterocycles. The van der Waals surface area contributed by atoms with Crippen molar-refractivity contribution in [2.75, 3.05) is 20.2 Å². The van der Waals surface area contributed by atoms with Crippen LogP contribution in [0.5, 0.6) is 0 Å². The van der Waals surface area contributed by atoms with E-state index in [-0.39, 0.29) is 29.8 Å². The molecule has 2 aliphatic heterocycles. The van der Waals surface area contributed by atoms with Gasteiger partial charge >= 0.3 is 6.09 Å². The molecule has 2 fully saturated rings. The van der Waals surface area contributed by atoms with Crippen molar-refractivity contribution in [3.05, 3.63) is 72.3 Å². The van der Waals surface area contributed by atoms with Gasteiger partial charge in [0.15, 0.2) is 0 Å². The Labute approximate surface area is 298 Å². The number of alkyl carbamates (subject to hydrolysis) is 1. The van der Waals surface area contributed by atoms with Crippen molar-refractivity contribution < 1.29 is 19.1 Å². The van der Waals surface area contributed by atoms with Gasteiger partial charge in [-0.2, -0.15) is 0 Å². The molecule has 266 valence electrons. The van der Waals surface area contributed by atoms with Gasteiger partial charge in [0, 0.05) is 19.5 Å². The van der Waals surface area contributed by atoms with Crippen LogP contribution < -0.4 is 5.32 Å². The molecule has 2 aromatic heterocycles. The number of hydrogen-bond donors (Lipinski definition) is 3. The minimum Gasteiger partial charge on any atom is -0.453 e. The average molecular weight is 690 g/mol. The van der Waals surface area contributed by atoms with Crippen molar-refractivity contribution in [3.63, 3.8) is 0 Å². The second-order valence-electron chi connectivity index (χ2n) is 14.7. The van der Waals surface area contributed by atoms with Crippen LogP contribution in [0.3, 0.4) is 0 Å². The number of carbonyl (C=O) groups is 3. The number of imidazole rings is 2. The molecule has 0 bridgehead atoms. The summed E-state index contributed by atoms with van der Waals surface area (Å²) >= 11 is 0. The van der Waals surface area contributed by atoms with E-state index in [1.54, 1.807) is 0 Å². The van der Waals surface area contributed by atoms with Crippen LogP contribution in [-0.2, 0) is 14.3 Å². The van der Waals surface area contributed by atoms with Crippen molar-refractivity contribution in [2.24, 2.45) is 11.8 Å². The van der Waals surface area contributed by atoms with E-state index >= 15 is 0 Å². The first kappa shape index (κ1) is 34.3. The number of H-pyrrole nitrogens is 2. The Morgan fingerprint density at radius 2 is 1.25 bits per heavy atom. The Morgan fingerprint density at radius 3 is 1.75 bits per heavy atom. The molecule has 51 heavy (non-hydrogen) atoms. The number of ether oxygens (including phenoxy) is 1. The zero-order chi connectivity index (χ0) is 35.8. The lowest BCUT2D eigenvalue weighted by Crippen LogP contribution is -2.51. The van der Waals surface area contributed by atoms with E-state index in [9.17, 15) is 14.4 Å². The molecule has 3 N–H and O–H groups in total. The van der Waals surface area contributed by atoms with Gasteiger partial charge in [-0.3, -0.25) is 9.59 Å². The van der Waals surface area contributed by atoms with Crippen LogP contribution in [0.2, 0.25) is 0 Å². The second-order valence-corrected chi connectivity index (χ2v) is 14.7. The maximum atomic E-state index is 13.6. The summed E-state index contributed by atoms with van der Waals surface area (Å²) in [6.45, 7) is 9.39. The molecule has 0 spiro atoms. The molecular formula is C40H47N7O4. The lowest BCUT2D eigenvalue weighted by molar-refractivity contribution is -0.135. The lowest BCUT2D eigenvalue weighted by atomic mass is 10.00. The Balaban J connectivity index is 1.07. The molecule has 0 radical (unpaired) electrons. The lowest BCUT2D eigenvalue weighted by Gasteiger charge is -2.29. The van der Waals surface area contributed by atoms with Crippen molar-refractivity contribution in [1.29, 1.82) is 0 Å². The minimum atomic E-state index is -0.676. The highest BCUT2D eigenvalue weighted by Crippen LogP contribution is 2.35. The fraction of sp³-hybridized carbons (Fsp3) is 0.425. The van der Waals surface area contributed by atoms with E-state index in [0.29, 0.717) is 18.9 Å². The third-order valence-electron chi connectivity index (χ3n) is 10.3. The van der Waals surface area contributed by atoms with E-state index in [4.69, 9.17) is 14.7 Å². The van der Waals surface area contributed by atoms with Crippen LogP contribution in [0.15, 0.2) is 60.7 Å². The number of aromatic amines is 2. The number of fused-ring (bicyclic) bond motifs is 2. The summed E-state index contributed by atoms with van der Waals surface area (Å²) in [4.78, 5) is 59.1. The number of amides is 3. The molecule has 11 nitrogen and oxygen atoms in total. The third kappa shape index (κ3) is 6.94. The Hall–Kier alpha value is -5.19. The molecule has 11 heteroatoms. The Kier molecular flexibility index (Phi) is 9.54. The molecule has 5 aromatic rings. The Morgan fingerprint density at radius 1 is 0.765 bits per heavy atom. The standard InChI is InChI=1S/C40H47N7O4/c1-23(2)20-35(48)46-18-6-8-33(46)37-41-29-16-14-27(21-31(29)43-37)25-10-12-26(13-11-25)28-15-17-30-32(22-28)44-38(42-30)34-9-7-19-47(34)39(49)36(24(3)4)45-40(50)51-5/h10-17,21-24,33-34,36H,6-9,18-20H2,1-5H3,(H,41,43)(H,42,44)(H,45,50)/t33-,34-,36-/m0/s1. The number of hydrogen-bond acceptors (Lipinski definition) is 6. The van der Waals surface area contributed by atoms with Gasteiger partial charge in [0.25, 0.3) is 0 Å². The molecule has 3 aromatic carbocycles. The highest BCUT2D eigenvalue weighted by molar-refractivity contribution is 5.87. The topological polar surface area (TPSA) is 136 Å². The molecule has 0 unspecified atom stereocenters. The zero-order valence-electron chi connectivity index (χ0n) is 30.0. The van der Waals surface area contributed by atoms with Crippen LogP contribution in [0, 0.1) is 11.8 Å². The van der Waals surface area contributed by atoms with Crippen molar-refractivity contribution >= 4 is 40.0 Å². The zero-order valence-corrected chi connectivity index (χ0v) is 30.0. The SMILES string of the molecule is COC(=O)N[C@H](C(=O)N1CCC[C@H]1c1nc2cc(-c3ccc(-c4ccc5[nH]c([C@@H]6CCCN6C(=O)CC(C)C)nc5c4)cc3)ccc2[nH]1)C(C)C. The van der Waals surface area contributed by atoms with Gasteiger partial charge < -0.3 is 29.8 Å². The molecule has 4 heterocycles. The van der Waals surface area contributed by atoms with Crippen molar-refractivity contribution in [3.8, 4) is 22.3 Å². The predicted octanol–water partition coefficient (Wildman–Crippen LogP) is 7.53. The summed E-state index contributed by atoms with van der Waals surface area (Å²) in [7, 11) is 1.30. The van der Waals surface area contributed by atoms with E-state index in [2.05, 4.69) is 83.7 Å². The summed E-state index contributed by atoms with van der Waals surface area (Å²) in [5.74, 6) is 1.94. The second kappa shape index (κ2) is 14.2. The first-order valence-corrected chi connectivity index (χ1v) is 18.1. The maximum absolute atomic E-state index is 13.6. The summed E-state index contributed by atoms with van der Waals surface area (Å²) in [6, 6.07) is 20.1. The number of carbonyl (C=O) groups excluding carboxylic acids is 3. The van der Waals surface area contributed by atoms with Gasteiger partial charge in [-0.25, -0.2) is 14.8 Å². The number of likely N-dealkylation sites (tertiary alicyclic amines) is 2. The Bertz CT molecular complexity index is 2060. The van der Waals surface area contributed by atoms with E-state index in [0.717, 1.165) is 88.2 Å².